The highest BCUT2D eigenvalue weighted by molar-refractivity contribution is 5.97. The van der Waals surface area contributed by atoms with E-state index in [1.165, 1.54) is 23.8 Å². The molecule has 0 saturated carbocycles. The number of aromatic carboxylic acids is 1. The van der Waals surface area contributed by atoms with Gasteiger partial charge in [-0.3, -0.25) is 4.79 Å². The van der Waals surface area contributed by atoms with Crippen molar-refractivity contribution in [2.24, 2.45) is 0 Å². The molecule has 0 fully saturated rings. The van der Waals surface area contributed by atoms with Gasteiger partial charge in [0.1, 0.15) is 11.4 Å². The molecule has 0 aliphatic carbocycles. The van der Waals surface area contributed by atoms with Gasteiger partial charge in [-0.2, -0.15) is 0 Å². The van der Waals surface area contributed by atoms with Gasteiger partial charge >= 0.3 is 5.97 Å². The summed E-state index contributed by atoms with van der Waals surface area (Å²) in [5.41, 5.74) is 1.09. The maximum Gasteiger partial charge on any atom is 0.352 e. The minimum atomic E-state index is -1.08. The molecular weight excluding hydrogens is 258 g/mol. The van der Waals surface area contributed by atoms with E-state index in [-0.39, 0.29) is 11.5 Å². The molecule has 5 heteroatoms. The highest BCUT2D eigenvalue weighted by Gasteiger charge is 2.15. The number of hydrogen-bond acceptors (Lipinski definition) is 3. The molecule has 0 amide bonds. The van der Waals surface area contributed by atoms with Gasteiger partial charge in [0.25, 0.3) is 0 Å². The lowest BCUT2D eigenvalue weighted by molar-refractivity contribution is 0.0688. The summed E-state index contributed by atoms with van der Waals surface area (Å²) in [4.78, 5) is 22.6. The number of ether oxygens (including phenoxy) is 1. The van der Waals surface area contributed by atoms with Gasteiger partial charge in [0.2, 0.25) is 0 Å². The number of ketones is 1. The first-order valence-electron chi connectivity index (χ1n) is 6.22. The first-order valence-corrected chi connectivity index (χ1v) is 6.22. The number of carbonyl (C=O) groups excluding carboxylic acids is 1. The molecule has 0 spiro atoms. The molecule has 2 rings (SSSR count). The van der Waals surface area contributed by atoms with Crippen molar-refractivity contribution in [3.8, 4) is 11.4 Å². The Morgan fingerprint density at radius 1 is 1.25 bits per heavy atom. The molecule has 1 aromatic heterocycles. The van der Waals surface area contributed by atoms with E-state index < -0.39 is 5.97 Å². The summed E-state index contributed by atoms with van der Waals surface area (Å²) in [6, 6.07) is 8.40. The smallest absolute Gasteiger partial charge is 0.352 e. The predicted molar refractivity (Wildman–Crippen MR) is 73.9 cm³/mol. The summed E-state index contributed by atoms with van der Waals surface area (Å²) in [5, 5.41) is 9.20. The van der Waals surface area contributed by atoms with Crippen LogP contribution in [0.2, 0.25) is 0 Å². The lowest BCUT2D eigenvalue weighted by Crippen LogP contribution is -2.05. The molecule has 2 aromatic rings. The summed E-state index contributed by atoms with van der Waals surface area (Å²) in [6.07, 6.45) is 1.53. The van der Waals surface area contributed by atoms with Crippen molar-refractivity contribution in [1.82, 2.24) is 4.57 Å². The second-order valence-corrected chi connectivity index (χ2v) is 4.27. The third kappa shape index (κ3) is 2.71. The molecule has 5 nitrogen and oxygen atoms in total. The van der Waals surface area contributed by atoms with Gasteiger partial charge in [0, 0.05) is 17.4 Å². The Hall–Kier alpha value is -2.56. The monoisotopic (exact) mass is 273 g/mol. The van der Waals surface area contributed by atoms with Gasteiger partial charge in [-0.05, 0) is 44.2 Å². The SMILES string of the molecule is CCOc1ccc(-n2cc(C(C)=O)cc2C(=O)O)cc1. The fraction of sp³-hybridized carbons (Fsp3) is 0.200. The second kappa shape index (κ2) is 5.61. The van der Waals surface area contributed by atoms with Crippen LogP contribution in [0, 0.1) is 0 Å². The molecule has 1 N–H and O–H groups in total. The van der Waals surface area contributed by atoms with Gasteiger partial charge in [-0.1, -0.05) is 0 Å². The molecule has 104 valence electrons. The van der Waals surface area contributed by atoms with Crippen molar-refractivity contribution in [3.63, 3.8) is 0 Å². The number of carboxylic acids is 1. The van der Waals surface area contributed by atoms with Crippen LogP contribution in [0.3, 0.4) is 0 Å². The lowest BCUT2D eigenvalue weighted by Gasteiger charge is -2.08. The van der Waals surface area contributed by atoms with E-state index in [0.717, 1.165) is 0 Å². The van der Waals surface area contributed by atoms with Crippen molar-refractivity contribution in [2.45, 2.75) is 13.8 Å². The van der Waals surface area contributed by atoms with Crippen LogP contribution in [0.1, 0.15) is 34.7 Å². The first kappa shape index (κ1) is 13.9. The molecule has 0 aliphatic rings. The van der Waals surface area contributed by atoms with Crippen molar-refractivity contribution >= 4 is 11.8 Å². The standard InChI is InChI=1S/C15H15NO4/c1-3-20-13-6-4-12(5-7-13)16-9-11(10(2)17)8-14(16)15(18)19/h4-9H,3H2,1-2H3,(H,18,19). The average molecular weight is 273 g/mol. The molecule has 0 atom stereocenters. The first-order chi connectivity index (χ1) is 9.52. The summed E-state index contributed by atoms with van der Waals surface area (Å²) in [6.45, 7) is 3.86. The van der Waals surface area contributed by atoms with Crippen molar-refractivity contribution in [3.05, 3.63) is 47.8 Å². The Morgan fingerprint density at radius 3 is 2.40 bits per heavy atom. The van der Waals surface area contributed by atoms with E-state index in [0.29, 0.717) is 23.6 Å². The van der Waals surface area contributed by atoms with E-state index in [9.17, 15) is 14.7 Å². The zero-order valence-electron chi connectivity index (χ0n) is 11.3. The minimum Gasteiger partial charge on any atom is -0.494 e. The van der Waals surface area contributed by atoms with Gasteiger partial charge in [-0.15, -0.1) is 0 Å². The number of Topliss-reactive ketones (excluding diaryl/α,β-unsaturated/α-hetero) is 1. The van der Waals surface area contributed by atoms with Crippen molar-refractivity contribution in [2.75, 3.05) is 6.61 Å². The fourth-order valence-electron chi connectivity index (χ4n) is 1.90. The van der Waals surface area contributed by atoms with Crippen molar-refractivity contribution in [1.29, 1.82) is 0 Å². The maximum atomic E-state index is 11.4. The Labute approximate surface area is 116 Å². The lowest BCUT2D eigenvalue weighted by atomic mass is 10.2. The Morgan fingerprint density at radius 2 is 1.90 bits per heavy atom. The van der Waals surface area contributed by atoms with Gasteiger partial charge in [0.05, 0.1) is 6.61 Å². The molecule has 0 bridgehead atoms. The summed E-state index contributed by atoms with van der Waals surface area (Å²) < 4.78 is 6.82. The zero-order valence-corrected chi connectivity index (χ0v) is 11.3. The van der Waals surface area contributed by atoms with Crippen LogP contribution < -0.4 is 4.74 Å². The average Bonchev–Trinajstić information content (AvgIpc) is 2.85. The number of aromatic nitrogens is 1. The molecule has 0 unspecified atom stereocenters. The third-order valence-electron chi connectivity index (χ3n) is 2.87. The number of benzene rings is 1. The largest absolute Gasteiger partial charge is 0.494 e. The molecular formula is C15H15NO4. The number of hydrogen-bond donors (Lipinski definition) is 1. The molecule has 0 saturated heterocycles. The molecule has 20 heavy (non-hydrogen) atoms. The van der Waals surface area contributed by atoms with Crippen LogP contribution in [-0.2, 0) is 0 Å². The highest BCUT2D eigenvalue weighted by Crippen LogP contribution is 2.20. The Bertz CT molecular complexity index is 640. The van der Waals surface area contributed by atoms with E-state index >= 15 is 0 Å². The van der Waals surface area contributed by atoms with Crippen LogP contribution in [0.4, 0.5) is 0 Å². The Kier molecular flexibility index (Phi) is 3.89. The van der Waals surface area contributed by atoms with Crippen LogP contribution in [0.5, 0.6) is 5.75 Å². The quantitative estimate of drug-likeness (QED) is 0.850. The summed E-state index contributed by atoms with van der Waals surface area (Å²) >= 11 is 0. The molecule has 1 heterocycles. The number of carbonyl (C=O) groups is 2. The molecule has 1 aromatic carbocycles. The van der Waals surface area contributed by atoms with Crippen LogP contribution in [0.15, 0.2) is 36.5 Å². The van der Waals surface area contributed by atoms with Gasteiger partial charge < -0.3 is 14.4 Å². The third-order valence-corrected chi connectivity index (χ3v) is 2.87. The molecule has 0 aliphatic heterocycles. The van der Waals surface area contributed by atoms with Crippen LogP contribution >= 0.6 is 0 Å². The van der Waals surface area contributed by atoms with Crippen LogP contribution in [0.25, 0.3) is 5.69 Å². The van der Waals surface area contributed by atoms with Gasteiger partial charge in [-0.25, -0.2) is 4.79 Å². The second-order valence-electron chi connectivity index (χ2n) is 4.27. The Balaban J connectivity index is 2.45. The highest BCUT2D eigenvalue weighted by atomic mass is 16.5. The van der Waals surface area contributed by atoms with E-state index in [4.69, 9.17) is 4.74 Å². The fourth-order valence-corrected chi connectivity index (χ4v) is 1.90. The van der Waals surface area contributed by atoms with Gasteiger partial charge in [0.15, 0.2) is 5.78 Å². The van der Waals surface area contributed by atoms with Crippen molar-refractivity contribution < 1.29 is 19.4 Å². The van der Waals surface area contributed by atoms with Crippen LogP contribution in [-0.4, -0.2) is 28.0 Å². The minimum absolute atomic E-state index is 0.0550. The van der Waals surface area contributed by atoms with E-state index in [2.05, 4.69) is 0 Å². The number of rotatable bonds is 5. The topological polar surface area (TPSA) is 68.5 Å². The number of nitrogens with zero attached hydrogens (tertiary/aromatic N) is 1. The number of carboxylic acid groups (broad SMARTS) is 1. The summed E-state index contributed by atoms with van der Waals surface area (Å²) in [5.74, 6) is -0.532. The zero-order chi connectivity index (χ0) is 14.7. The maximum absolute atomic E-state index is 11.4. The van der Waals surface area contributed by atoms with E-state index in [1.54, 1.807) is 24.3 Å². The van der Waals surface area contributed by atoms with E-state index in [1.807, 2.05) is 6.92 Å². The molecule has 0 radical (unpaired) electrons. The normalized spacial score (nSPS) is 10.3. The summed E-state index contributed by atoms with van der Waals surface area (Å²) in [7, 11) is 0. The predicted octanol–water partition coefficient (Wildman–Crippen LogP) is 2.78.